The topological polar surface area (TPSA) is 49.0 Å². The molecule has 2 aromatic heterocycles. The molecule has 4 nitrogen and oxygen atoms in total. The Bertz CT molecular complexity index is 774. The number of aromatic nitrogens is 2. The van der Waals surface area contributed by atoms with Crippen molar-refractivity contribution in [3.05, 3.63) is 65.6 Å². The molecule has 0 radical (unpaired) electrons. The minimum Gasteiger partial charge on any atom is -0.357 e. The Kier molecular flexibility index (Phi) is 3.92. The lowest BCUT2D eigenvalue weighted by atomic mass is 10.1. The fourth-order valence-corrected chi connectivity index (χ4v) is 2.67. The van der Waals surface area contributed by atoms with Crippen molar-refractivity contribution in [1.29, 1.82) is 0 Å². The normalized spacial score (nSPS) is 10.8. The van der Waals surface area contributed by atoms with Gasteiger partial charge in [0.1, 0.15) is 0 Å². The summed E-state index contributed by atoms with van der Waals surface area (Å²) < 4.78 is 0. The second-order valence-corrected chi connectivity index (χ2v) is 5.43. The van der Waals surface area contributed by atoms with Gasteiger partial charge in [0.15, 0.2) is 0 Å². The molecule has 112 valence electrons. The average molecular weight is 293 g/mol. The van der Waals surface area contributed by atoms with Gasteiger partial charge in [-0.3, -0.25) is 9.78 Å². The van der Waals surface area contributed by atoms with E-state index in [-0.39, 0.29) is 5.91 Å². The SMILES string of the molecule is CCc1cnccc1C(=O)N(C)Cc1cc2ccccc2[nH]1. The average Bonchev–Trinajstić information content (AvgIpc) is 2.96. The number of nitrogens with zero attached hydrogens (tertiary/aromatic N) is 2. The molecule has 22 heavy (non-hydrogen) atoms. The second kappa shape index (κ2) is 6.02. The molecule has 1 amide bonds. The molecule has 0 saturated heterocycles. The Labute approximate surface area is 129 Å². The third-order valence-electron chi connectivity index (χ3n) is 3.85. The summed E-state index contributed by atoms with van der Waals surface area (Å²) in [5.41, 5.74) is 3.84. The van der Waals surface area contributed by atoms with Gasteiger partial charge in [-0.25, -0.2) is 0 Å². The van der Waals surface area contributed by atoms with Crippen LogP contribution in [0.15, 0.2) is 48.8 Å². The van der Waals surface area contributed by atoms with Crippen LogP contribution in [0.3, 0.4) is 0 Å². The zero-order valence-electron chi connectivity index (χ0n) is 12.8. The highest BCUT2D eigenvalue weighted by Crippen LogP contribution is 2.17. The standard InChI is InChI=1S/C18H19N3O/c1-3-13-11-19-9-8-16(13)18(22)21(2)12-15-10-14-6-4-5-7-17(14)20-15/h4-11,20H,3,12H2,1-2H3. The molecule has 0 spiro atoms. The molecule has 0 unspecified atom stereocenters. The summed E-state index contributed by atoms with van der Waals surface area (Å²) in [5.74, 6) is 0.0258. The Morgan fingerprint density at radius 1 is 1.27 bits per heavy atom. The van der Waals surface area contributed by atoms with Gasteiger partial charge in [0.05, 0.1) is 6.54 Å². The van der Waals surface area contributed by atoms with E-state index in [1.807, 2.05) is 32.2 Å². The van der Waals surface area contributed by atoms with E-state index in [1.165, 1.54) is 0 Å². The van der Waals surface area contributed by atoms with Gasteiger partial charge in [-0.15, -0.1) is 0 Å². The molecule has 0 aliphatic carbocycles. The van der Waals surface area contributed by atoms with Crippen molar-refractivity contribution >= 4 is 16.8 Å². The van der Waals surface area contributed by atoms with E-state index >= 15 is 0 Å². The Morgan fingerprint density at radius 2 is 2.09 bits per heavy atom. The highest BCUT2D eigenvalue weighted by atomic mass is 16.2. The van der Waals surface area contributed by atoms with Crippen molar-refractivity contribution in [3.8, 4) is 0 Å². The maximum absolute atomic E-state index is 12.6. The first-order chi connectivity index (χ1) is 10.7. The molecule has 1 aromatic carbocycles. The van der Waals surface area contributed by atoms with Crippen LogP contribution in [0.4, 0.5) is 0 Å². The van der Waals surface area contributed by atoms with Crippen LogP contribution < -0.4 is 0 Å². The predicted octanol–water partition coefficient (Wildman–Crippen LogP) is 3.40. The highest BCUT2D eigenvalue weighted by Gasteiger charge is 2.16. The van der Waals surface area contributed by atoms with Crippen molar-refractivity contribution in [2.24, 2.45) is 0 Å². The van der Waals surface area contributed by atoms with Crippen LogP contribution in [-0.2, 0) is 13.0 Å². The summed E-state index contributed by atoms with van der Waals surface area (Å²) >= 11 is 0. The lowest BCUT2D eigenvalue weighted by Crippen LogP contribution is -2.27. The lowest BCUT2D eigenvalue weighted by molar-refractivity contribution is 0.0782. The van der Waals surface area contributed by atoms with Gasteiger partial charge in [-0.05, 0) is 35.6 Å². The summed E-state index contributed by atoms with van der Waals surface area (Å²) in [6, 6.07) is 12.0. The Balaban J connectivity index is 1.81. The van der Waals surface area contributed by atoms with Crippen LogP contribution >= 0.6 is 0 Å². The second-order valence-electron chi connectivity index (χ2n) is 5.43. The van der Waals surface area contributed by atoms with Crippen molar-refractivity contribution < 1.29 is 4.79 Å². The molecule has 3 aromatic rings. The van der Waals surface area contributed by atoms with E-state index < -0.39 is 0 Å². The van der Waals surface area contributed by atoms with Crippen molar-refractivity contribution in [2.45, 2.75) is 19.9 Å². The molecular formula is C18H19N3O. The molecule has 0 aliphatic rings. The first-order valence-electron chi connectivity index (χ1n) is 7.44. The predicted molar refractivity (Wildman–Crippen MR) is 87.7 cm³/mol. The van der Waals surface area contributed by atoms with Crippen LogP contribution in [0.2, 0.25) is 0 Å². The van der Waals surface area contributed by atoms with Crippen molar-refractivity contribution in [1.82, 2.24) is 14.9 Å². The summed E-state index contributed by atoms with van der Waals surface area (Å²) in [6.45, 7) is 2.59. The van der Waals surface area contributed by atoms with Crippen LogP contribution in [0, 0.1) is 0 Å². The number of benzene rings is 1. The zero-order chi connectivity index (χ0) is 15.5. The number of aryl methyl sites for hydroxylation is 1. The van der Waals surface area contributed by atoms with Crippen LogP contribution in [-0.4, -0.2) is 27.8 Å². The Hall–Kier alpha value is -2.62. The molecule has 3 rings (SSSR count). The van der Waals surface area contributed by atoms with Gasteiger partial charge in [0.2, 0.25) is 0 Å². The number of carbonyl (C=O) groups excluding carboxylic acids is 1. The number of hydrogen-bond acceptors (Lipinski definition) is 2. The van der Waals surface area contributed by atoms with Gasteiger partial charge in [0, 0.05) is 36.2 Å². The van der Waals surface area contributed by atoms with E-state index in [1.54, 1.807) is 23.4 Å². The molecule has 0 saturated carbocycles. The Morgan fingerprint density at radius 3 is 2.86 bits per heavy atom. The van der Waals surface area contributed by atoms with E-state index in [4.69, 9.17) is 0 Å². The van der Waals surface area contributed by atoms with Crippen molar-refractivity contribution in [3.63, 3.8) is 0 Å². The first-order valence-corrected chi connectivity index (χ1v) is 7.44. The number of nitrogens with one attached hydrogen (secondary N) is 1. The molecule has 0 atom stereocenters. The number of hydrogen-bond donors (Lipinski definition) is 1. The third-order valence-corrected chi connectivity index (χ3v) is 3.85. The largest absolute Gasteiger partial charge is 0.357 e. The van der Waals surface area contributed by atoms with E-state index in [2.05, 4.69) is 22.1 Å². The first kappa shape index (κ1) is 14.3. The van der Waals surface area contributed by atoms with Gasteiger partial charge in [0.25, 0.3) is 5.91 Å². The summed E-state index contributed by atoms with van der Waals surface area (Å²) in [7, 11) is 1.83. The lowest BCUT2D eigenvalue weighted by Gasteiger charge is -2.18. The van der Waals surface area contributed by atoms with E-state index in [9.17, 15) is 4.79 Å². The molecule has 0 fully saturated rings. The molecule has 0 aliphatic heterocycles. The van der Waals surface area contributed by atoms with Crippen molar-refractivity contribution in [2.75, 3.05) is 7.05 Å². The number of para-hydroxylation sites is 1. The maximum Gasteiger partial charge on any atom is 0.254 e. The van der Waals surface area contributed by atoms with Crippen LogP contribution in [0.5, 0.6) is 0 Å². The number of aromatic amines is 1. The minimum absolute atomic E-state index is 0.0258. The van der Waals surface area contributed by atoms with E-state index in [0.29, 0.717) is 6.54 Å². The van der Waals surface area contributed by atoms with Crippen LogP contribution in [0.25, 0.3) is 10.9 Å². The quantitative estimate of drug-likeness (QED) is 0.801. The molecule has 2 heterocycles. The number of fused-ring (bicyclic) bond motifs is 1. The van der Waals surface area contributed by atoms with Gasteiger partial charge < -0.3 is 9.88 Å². The fraction of sp³-hybridized carbons (Fsp3) is 0.222. The number of carbonyl (C=O) groups is 1. The van der Waals surface area contributed by atoms with Gasteiger partial charge in [-0.1, -0.05) is 25.1 Å². The van der Waals surface area contributed by atoms with Gasteiger partial charge >= 0.3 is 0 Å². The molecular weight excluding hydrogens is 274 g/mol. The monoisotopic (exact) mass is 293 g/mol. The minimum atomic E-state index is 0.0258. The smallest absolute Gasteiger partial charge is 0.254 e. The third kappa shape index (κ3) is 2.72. The van der Waals surface area contributed by atoms with E-state index in [0.717, 1.165) is 34.1 Å². The summed E-state index contributed by atoms with van der Waals surface area (Å²) in [5, 5.41) is 1.16. The fourth-order valence-electron chi connectivity index (χ4n) is 2.67. The highest BCUT2D eigenvalue weighted by molar-refractivity contribution is 5.95. The number of rotatable bonds is 4. The molecule has 4 heteroatoms. The number of amides is 1. The molecule has 0 bridgehead atoms. The summed E-state index contributed by atoms with van der Waals surface area (Å²) in [4.78, 5) is 21.8. The zero-order valence-corrected chi connectivity index (χ0v) is 12.8. The number of H-pyrrole nitrogens is 1. The number of pyridine rings is 1. The maximum atomic E-state index is 12.6. The molecule has 1 N–H and O–H groups in total. The van der Waals surface area contributed by atoms with Gasteiger partial charge in [-0.2, -0.15) is 0 Å². The van der Waals surface area contributed by atoms with Crippen LogP contribution in [0.1, 0.15) is 28.5 Å². The summed E-state index contributed by atoms with van der Waals surface area (Å²) in [6.07, 6.45) is 4.24.